The Morgan fingerprint density at radius 2 is 2.02 bits per heavy atom. The summed E-state index contributed by atoms with van der Waals surface area (Å²) in [7, 11) is 3.46. The molecule has 0 aliphatic carbocycles. The number of nitrogens with one attached hydrogen (secondary N) is 2. The van der Waals surface area contributed by atoms with Crippen molar-refractivity contribution < 1.29 is 14.3 Å². The summed E-state index contributed by atoms with van der Waals surface area (Å²) in [6.45, 7) is 5.09. The summed E-state index contributed by atoms with van der Waals surface area (Å²) in [5.41, 5.74) is 11.1. The molecule has 6 rings (SSSR count). The molecule has 10 heteroatoms. The first-order valence-electron chi connectivity index (χ1n) is 15.7. The van der Waals surface area contributed by atoms with E-state index in [1.165, 1.54) is 19.3 Å². The second-order valence-electron chi connectivity index (χ2n) is 11.8. The van der Waals surface area contributed by atoms with Crippen LogP contribution in [-0.4, -0.2) is 59.1 Å². The van der Waals surface area contributed by atoms with Crippen LogP contribution in [0.3, 0.4) is 0 Å². The Kier molecular flexibility index (Phi) is 9.37. The number of hydrogen-bond acceptors (Lipinski definition) is 7. The number of thiophene rings is 1. The summed E-state index contributed by atoms with van der Waals surface area (Å²) < 4.78 is 8.52. The van der Waals surface area contributed by atoms with E-state index < -0.39 is 0 Å². The zero-order valence-corrected chi connectivity index (χ0v) is 27.3. The maximum Gasteiger partial charge on any atom is 0.272 e. The lowest BCUT2D eigenvalue weighted by atomic mass is 10.0. The Balaban J connectivity index is 1.16. The fourth-order valence-electron chi connectivity index (χ4n) is 6.28. The van der Waals surface area contributed by atoms with Crippen molar-refractivity contribution in [1.82, 2.24) is 19.8 Å². The second kappa shape index (κ2) is 13.8. The molecule has 2 aromatic carbocycles. The Hall–Kier alpha value is -4.67. The van der Waals surface area contributed by atoms with Crippen molar-refractivity contribution in [3.63, 3.8) is 0 Å². The van der Waals surface area contributed by atoms with Crippen molar-refractivity contribution in [2.75, 3.05) is 37.8 Å². The van der Waals surface area contributed by atoms with E-state index in [2.05, 4.69) is 27.4 Å². The number of carbonyl (C=O) groups excluding carboxylic acids is 2. The largest absolute Gasteiger partial charge is 0.495 e. The highest BCUT2D eigenvalue weighted by Gasteiger charge is 2.19. The number of fused-ring (bicyclic) bond motifs is 2. The fourth-order valence-corrected chi connectivity index (χ4v) is 7.36. The Morgan fingerprint density at radius 1 is 1.17 bits per heavy atom. The number of piperidine rings is 1. The third-order valence-electron chi connectivity index (χ3n) is 8.87. The molecule has 5 aromatic rings. The molecule has 2 amide bonds. The molecule has 9 nitrogen and oxygen atoms in total. The van der Waals surface area contributed by atoms with Crippen LogP contribution in [0.5, 0.6) is 5.75 Å². The van der Waals surface area contributed by atoms with Crippen LogP contribution < -0.4 is 21.1 Å². The smallest absolute Gasteiger partial charge is 0.272 e. The van der Waals surface area contributed by atoms with Crippen LogP contribution in [0.15, 0.2) is 66.2 Å². The molecule has 0 radical (unpaired) electrons. The first-order chi connectivity index (χ1) is 22.3. The topological polar surface area (TPSA) is 115 Å². The molecule has 4 N–H and O–H groups in total. The molecule has 1 aliphatic heterocycles. The quantitative estimate of drug-likeness (QED) is 0.116. The van der Waals surface area contributed by atoms with Gasteiger partial charge in [0.2, 0.25) is 5.91 Å². The third kappa shape index (κ3) is 6.49. The van der Waals surface area contributed by atoms with Gasteiger partial charge in [0.1, 0.15) is 17.3 Å². The van der Waals surface area contributed by atoms with Gasteiger partial charge in [-0.3, -0.25) is 9.59 Å². The minimum absolute atomic E-state index is 0.126. The first kappa shape index (κ1) is 31.3. The molecule has 0 unspecified atom stereocenters. The van der Waals surface area contributed by atoms with Crippen molar-refractivity contribution in [2.24, 2.45) is 7.05 Å². The zero-order chi connectivity index (χ0) is 32.2. The van der Waals surface area contributed by atoms with Gasteiger partial charge in [-0.05, 0) is 74.0 Å². The molecular formula is C36H40N6O3S. The van der Waals surface area contributed by atoms with Gasteiger partial charge in [-0.1, -0.05) is 30.7 Å². The fraction of sp³-hybridized carbons (Fsp3) is 0.306. The number of anilines is 2. The van der Waals surface area contributed by atoms with Crippen molar-refractivity contribution >= 4 is 61.7 Å². The normalized spacial score (nSPS) is 15.5. The van der Waals surface area contributed by atoms with Crippen molar-refractivity contribution in [3.05, 3.63) is 77.4 Å². The second-order valence-corrected chi connectivity index (χ2v) is 12.7. The number of aromatic nitrogens is 2. The summed E-state index contributed by atoms with van der Waals surface area (Å²) in [5, 5.41) is 9.86. The van der Waals surface area contributed by atoms with Crippen LogP contribution in [0.2, 0.25) is 0 Å². The number of aryl methyl sites for hydroxylation is 1. The van der Waals surface area contributed by atoms with E-state index in [0.717, 1.165) is 57.2 Å². The summed E-state index contributed by atoms with van der Waals surface area (Å²) in [4.78, 5) is 32.8. The van der Waals surface area contributed by atoms with Crippen molar-refractivity contribution in [1.29, 1.82) is 0 Å². The summed E-state index contributed by atoms with van der Waals surface area (Å²) in [6.07, 6.45) is 9.82. The number of likely N-dealkylation sites (tertiary alicyclic amines) is 1. The van der Waals surface area contributed by atoms with Gasteiger partial charge in [-0.2, -0.15) is 0 Å². The van der Waals surface area contributed by atoms with Gasteiger partial charge >= 0.3 is 0 Å². The number of carbonyl (C=O) groups is 2. The van der Waals surface area contributed by atoms with E-state index in [-0.39, 0.29) is 11.8 Å². The minimum atomic E-state index is -0.226. The first-order valence-corrected chi connectivity index (χ1v) is 16.6. The lowest BCUT2D eigenvalue weighted by Gasteiger charge is -2.33. The van der Waals surface area contributed by atoms with Gasteiger partial charge in [0, 0.05) is 70.6 Å². The molecule has 1 fully saturated rings. The number of hydrogen-bond donors (Lipinski definition) is 3. The van der Waals surface area contributed by atoms with Gasteiger partial charge in [0.15, 0.2) is 0 Å². The Labute approximate surface area is 273 Å². The highest BCUT2D eigenvalue weighted by molar-refractivity contribution is 7.18. The minimum Gasteiger partial charge on any atom is -0.495 e. The van der Waals surface area contributed by atoms with Gasteiger partial charge in [-0.25, -0.2) is 4.98 Å². The number of ether oxygens (including phenoxy) is 1. The summed E-state index contributed by atoms with van der Waals surface area (Å²) >= 11 is 1.55. The van der Waals surface area contributed by atoms with E-state index in [9.17, 15) is 9.59 Å². The molecule has 0 bridgehead atoms. The molecule has 1 atom stereocenters. The van der Waals surface area contributed by atoms with E-state index in [0.29, 0.717) is 35.5 Å². The molecule has 238 valence electrons. The number of nitrogens with zero attached hydrogens (tertiary/aromatic N) is 3. The number of para-hydroxylation sites is 1. The Bertz CT molecular complexity index is 1930. The number of nitrogens with two attached hydrogens (primary N) is 1. The number of nitrogen functional groups attached to an aromatic ring is 1. The monoisotopic (exact) mass is 636 g/mol. The average Bonchev–Trinajstić information content (AvgIpc) is 3.66. The molecular weight excluding hydrogens is 597 g/mol. The van der Waals surface area contributed by atoms with Gasteiger partial charge in [-0.15, -0.1) is 11.3 Å². The summed E-state index contributed by atoms with van der Waals surface area (Å²) in [6, 6.07) is 16.0. The average molecular weight is 637 g/mol. The molecule has 3 aromatic heterocycles. The zero-order valence-electron chi connectivity index (χ0n) is 26.5. The van der Waals surface area contributed by atoms with Crippen LogP contribution in [0.4, 0.5) is 11.5 Å². The highest BCUT2D eigenvalue weighted by atomic mass is 32.1. The SMILES string of the molecule is COc1cc(-c2csc3c(C=CC(=O)NCCCN4CCCC[C@H]4C)cnc(N)c23)ccc1NC(=O)c1cc2ccccc2n1C. The van der Waals surface area contributed by atoms with E-state index in [1.807, 2.05) is 65.5 Å². The maximum atomic E-state index is 13.3. The molecule has 4 heterocycles. The van der Waals surface area contributed by atoms with Crippen LogP contribution in [0.25, 0.3) is 38.2 Å². The van der Waals surface area contributed by atoms with Crippen molar-refractivity contribution in [3.8, 4) is 16.9 Å². The standard InChI is InChI=1S/C36H40N6O3S/c1-23-9-6-7-17-42(23)18-8-16-38-32(43)15-13-26-21-39-35(37)33-27(22-46-34(26)33)24-12-14-28(31(20-24)45-3)40-36(44)30-19-25-10-4-5-11-29(25)41(30)2/h4-5,10-15,19-23H,6-9,16-18H2,1-3H3,(H2,37,39)(H,38,43)(H,40,44)/t23-/m1/s1. The predicted molar refractivity (Wildman–Crippen MR) is 188 cm³/mol. The number of pyridine rings is 1. The molecule has 0 spiro atoms. The highest BCUT2D eigenvalue weighted by Crippen LogP contribution is 2.41. The van der Waals surface area contributed by atoms with E-state index in [4.69, 9.17) is 10.5 Å². The Morgan fingerprint density at radius 3 is 2.83 bits per heavy atom. The molecule has 0 saturated carbocycles. The molecule has 1 aliphatic rings. The third-order valence-corrected chi connectivity index (χ3v) is 9.90. The molecule has 46 heavy (non-hydrogen) atoms. The van der Waals surface area contributed by atoms with E-state index >= 15 is 0 Å². The number of rotatable bonds is 10. The lowest BCUT2D eigenvalue weighted by molar-refractivity contribution is -0.116. The van der Waals surface area contributed by atoms with Crippen LogP contribution in [0.1, 0.15) is 48.7 Å². The molecule has 1 saturated heterocycles. The maximum absolute atomic E-state index is 13.3. The number of methoxy groups -OCH3 is 1. The van der Waals surface area contributed by atoms with Crippen molar-refractivity contribution in [2.45, 2.75) is 38.6 Å². The van der Waals surface area contributed by atoms with E-state index in [1.54, 1.807) is 36.8 Å². The van der Waals surface area contributed by atoms with Gasteiger partial charge in [0.05, 0.1) is 12.8 Å². The number of benzene rings is 2. The van der Waals surface area contributed by atoms with Gasteiger partial charge in [0.25, 0.3) is 5.91 Å². The predicted octanol–water partition coefficient (Wildman–Crippen LogP) is 6.69. The van der Waals surface area contributed by atoms with Crippen LogP contribution in [-0.2, 0) is 11.8 Å². The van der Waals surface area contributed by atoms with Crippen LogP contribution in [0, 0.1) is 0 Å². The lowest BCUT2D eigenvalue weighted by Crippen LogP contribution is -2.39. The summed E-state index contributed by atoms with van der Waals surface area (Å²) in [5.74, 6) is 0.584. The van der Waals surface area contributed by atoms with Crippen LogP contribution >= 0.6 is 11.3 Å². The number of amides is 2. The van der Waals surface area contributed by atoms with Gasteiger partial charge < -0.3 is 30.6 Å².